The smallest absolute Gasteiger partial charge is 0.322 e. The Labute approximate surface area is 108 Å². The second-order valence-corrected chi connectivity index (χ2v) is 4.52. The Bertz CT molecular complexity index is 271. The molecule has 3 atom stereocenters. The molecule has 6 heteroatoms. The number of hydrogen-bond donors (Lipinski definition) is 4. The van der Waals surface area contributed by atoms with E-state index < -0.39 is 24.0 Å². The SMILES string of the molecule is CCCC[C@H](NN[C@H](C(=O)O)[C@@H](C)CC)C(=O)O. The van der Waals surface area contributed by atoms with Crippen LogP contribution < -0.4 is 10.9 Å². The molecule has 0 heterocycles. The molecule has 0 bridgehead atoms. The maximum absolute atomic E-state index is 11.0. The van der Waals surface area contributed by atoms with Gasteiger partial charge in [0, 0.05) is 0 Å². The van der Waals surface area contributed by atoms with Crippen molar-refractivity contribution in [3.63, 3.8) is 0 Å². The van der Waals surface area contributed by atoms with Crippen molar-refractivity contribution in [1.82, 2.24) is 10.9 Å². The number of rotatable bonds is 10. The summed E-state index contributed by atoms with van der Waals surface area (Å²) in [5.41, 5.74) is 5.25. The minimum atomic E-state index is -0.975. The largest absolute Gasteiger partial charge is 0.480 e. The molecule has 6 nitrogen and oxygen atoms in total. The van der Waals surface area contributed by atoms with Crippen LogP contribution in [0.5, 0.6) is 0 Å². The van der Waals surface area contributed by atoms with Crippen molar-refractivity contribution >= 4 is 11.9 Å². The van der Waals surface area contributed by atoms with Crippen LogP contribution in [0.4, 0.5) is 0 Å². The quantitative estimate of drug-likeness (QED) is 0.441. The van der Waals surface area contributed by atoms with Crippen molar-refractivity contribution in [3.8, 4) is 0 Å². The van der Waals surface area contributed by atoms with Crippen molar-refractivity contribution < 1.29 is 19.8 Å². The Morgan fingerprint density at radius 2 is 1.72 bits per heavy atom. The van der Waals surface area contributed by atoms with Crippen molar-refractivity contribution in [2.75, 3.05) is 0 Å². The number of nitrogens with one attached hydrogen (secondary N) is 2. The van der Waals surface area contributed by atoms with Crippen LogP contribution in [0.25, 0.3) is 0 Å². The lowest BCUT2D eigenvalue weighted by molar-refractivity contribution is -0.144. The predicted octanol–water partition coefficient (Wildman–Crippen LogP) is 1.22. The molecule has 0 saturated carbocycles. The molecule has 4 N–H and O–H groups in total. The van der Waals surface area contributed by atoms with Gasteiger partial charge in [-0.25, -0.2) is 10.9 Å². The maximum atomic E-state index is 11.0. The van der Waals surface area contributed by atoms with E-state index in [0.29, 0.717) is 12.8 Å². The Kier molecular flexibility index (Phi) is 8.32. The fraction of sp³-hybridized carbons (Fsp3) is 0.833. The first-order chi connectivity index (χ1) is 8.43. The lowest BCUT2D eigenvalue weighted by Crippen LogP contribution is -2.54. The first-order valence-corrected chi connectivity index (χ1v) is 6.40. The third-order valence-corrected chi connectivity index (χ3v) is 3.04. The molecule has 0 amide bonds. The molecule has 0 aromatic heterocycles. The van der Waals surface area contributed by atoms with Crippen LogP contribution in [-0.2, 0) is 9.59 Å². The van der Waals surface area contributed by atoms with Crippen LogP contribution >= 0.6 is 0 Å². The summed E-state index contributed by atoms with van der Waals surface area (Å²) in [6, 6.07) is -1.53. The number of hydrazine groups is 1. The molecule has 0 aliphatic heterocycles. The lowest BCUT2D eigenvalue weighted by Gasteiger charge is -2.23. The van der Waals surface area contributed by atoms with Gasteiger partial charge < -0.3 is 10.2 Å². The van der Waals surface area contributed by atoms with Crippen molar-refractivity contribution in [1.29, 1.82) is 0 Å². The van der Waals surface area contributed by atoms with Gasteiger partial charge in [0.15, 0.2) is 0 Å². The molecule has 0 rings (SSSR count). The monoisotopic (exact) mass is 260 g/mol. The highest BCUT2D eigenvalue weighted by Crippen LogP contribution is 2.07. The average Bonchev–Trinajstić information content (AvgIpc) is 2.31. The van der Waals surface area contributed by atoms with Gasteiger partial charge in [-0.3, -0.25) is 9.59 Å². The van der Waals surface area contributed by atoms with Crippen LogP contribution in [0.2, 0.25) is 0 Å². The minimum absolute atomic E-state index is 0.0735. The van der Waals surface area contributed by atoms with E-state index in [4.69, 9.17) is 10.2 Å². The Hall–Kier alpha value is -1.14. The lowest BCUT2D eigenvalue weighted by atomic mass is 10.00. The van der Waals surface area contributed by atoms with Gasteiger partial charge in [0.1, 0.15) is 12.1 Å². The highest BCUT2D eigenvalue weighted by Gasteiger charge is 2.25. The topological polar surface area (TPSA) is 98.7 Å². The molecule has 0 saturated heterocycles. The summed E-state index contributed by atoms with van der Waals surface area (Å²) in [7, 11) is 0. The summed E-state index contributed by atoms with van der Waals surface area (Å²) in [6.45, 7) is 5.69. The van der Waals surface area contributed by atoms with Gasteiger partial charge in [-0.1, -0.05) is 40.0 Å². The summed E-state index contributed by atoms with van der Waals surface area (Å²) in [5, 5.41) is 18.0. The fourth-order valence-corrected chi connectivity index (χ4v) is 1.54. The molecular weight excluding hydrogens is 236 g/mol. The van der Waals surface area contributed by atoms with Crippen molar-refractivity contribution in [2.24, 2.45) is 5.92 Å². The van der Waals surface area contributed by atoms with Crippen LogP contribution in [0.3, 0.4) is 0 Å². The van der Waals surface area contributed by atoms with E-state index in [0.717, 1.165) is 12.8 Å². The molecule has 0 radical (unpaired) electrons. The zero-order valence-electron chi connectivity index (χ0n) is 11.3. The van der Waals surface area contributed by atoms with Gasteiger partial charge in [-0.2, -0.15) is 0 Å². The molecule has 0 spiro atoms. The van der Waals surface area contributed by atoms with Crippen LogP contribution in [0.1, 0.15) is 46.5 Å². The zero-order valence-corrected chi connectivity index (χ0v) is 11.3. The van der Waals surface area contributed by atoms with Crippen molar-refractivity contribution in [2.45, 2.75) is 58.5 Å². The summed E-state index contributed by atoms with van der Waals surface area (Å²) in [4.78, 5) is 22.0. The molecule has 0 aromatic rings. The molecule has 18 heavy (non-hydrogen) atoms. The van der Waals surface area contributed by atoms with Crippen LogP contribution in [0, 0.1) is 5.92 Å². The zero-order chi connectivity index (χ0) is 14.1. The van der Waals surface area contributed by atoms with Crippen LogP contribution in [-0.4, -0.2) is 34.2 Å². The van der Waals surface area contributed by atoms with Crippen LogP contribution in [0.15, 0.2) is 0 Å². The molecular formula is C12H24N2O4. The second kappa shape index (κ2) is 8.88. The molecule has 106 valence electrons. The van der Waals surface area contributed by atoms with E-state index in [1.165, 1.54) is 0 Å². The third kappa shape index (κ3) is 5.97. The highest BCUT2D eigenvalue weighted by atomic mass is 16.4. The summed E-state index contributed by atoms with van der Waals surface area (Å²) >= 11 is 0. The number of carboxylic acid groups (broad SMARTS) is 2. The summed E-state index contributed by atoms with van der Waals surface area (Å²) < 4.78 is 0. The van der Waals surface area contributed by atoms with E-state index in [1.807, 2.05) is 20.8 Å². The third-order valence-electron chi connectivity index (χ3n) is 3.04. The van der Waals surface area contributed by atoms with Crippen molar-refractivity contribution in [3.05, 3.63) is 0 Å². The Morgan fingerprint density at radius 1 is 1.11 bits per heavy atom. The summed E-state index contributed by atoms with van der Waals surface area (Å²) in [5.74, 6) is -2.02. The van der Waals surface area contributed by atoms with E-state index in [9.17, 15) is 9.59 Å². The molecule has 0 aromatic carbocycles. The second-order valence-electron chi connectivity index (χ2n) is 4.52. The van der Waals surface area contributed by atoms with E-state index >= 15 is 0 Å². The van der Waals surface area contributed by atoms with E-state index in [2.05, 4.69) is 10.9 Å². The minimum Gasteiger partial charge on any atom is -0.480 e. The fourth-order valence-electron chi connectivity index (χ4n) is 1.54. The molecule has 0 unspecified atom stereocenters. The van der Waals surface area contributed by atoms with E-state index in [-0.39, 0.29) is 5.92 Å². The number of carboxylic acids is 2. The highest BCUT2D eigenvalue weighted by molar-refractivity contribution is 5.75. The van der Waals surface area contributed by atoms with Gasteiger partial charge in [-0.05, 0) is 12.3 Å². The predicted molar refractivity (Wildman–Crippen MR) is 68.1 cm³/mol. The van der Waals surface area contributed by atoms with Gasteiger partial charge in [0.2, 0.25) is 0 Å². The number of carbonyl (C=O) groups is 2. The standard InChI is InChI=1S/C12H24N2O4/c1-4-6-7-9(11(15)16)13-14-10(12(17)18)8(3)5-2/h8-10,13-14H,4-7H2,1-3H3,(H,15,16)(H,17,18)/t8-,9-,10-/m0/s1. The Balaban J connectivity index is 4.37. The molecule has 0 aliphatic carbocycles. The maximum Gasteiger partial charge on any atom is 0.322 e. The van der Waals surface area contributed by atoms with Gasteiger partial charge in [0.25, 0.3) is 0 Å². The first kappa shape index (κ1) is 16.9. The molecule has 0 aliphatic rings. The summed E-state index contributed by atoms with van der Waals surface area (Å²) in [6.07, 6.45) is 2.87. The number of hydrogen-bond acceptors (Lipinski definition) is 4. The average molecular weight is 260 g/mol. The Morgan fingerprint density at radius 3 is 2.11 bits per heavy atom. The first-order valence-electron chi connectivity index (χ1n) is 6.40. The number of unbranched alkanes of at least 4 members (excludes halogenated alkanes) is 1. The number of aliphatic carboxylic acids is 2. The van der Waals surface area contributed by atoms with Gasteiger partial charge in [-0.15, -0.1) is 0 Å². The van der Waals surface area contributed by atoms with E-state index in [1.54, 1.807) is 0 Å². The van der Waals surface area contributed by atoms with Gasteiger partial charge in [0.05, 0.1) is 0 Å². The normalized spacial score (nSPS) is 15.9. The van der Waals surface area contributed by atoms with Gasteiger partial charge >= 0.3 is 11.9 Å². The molecule has 0 fully saturated rings.